The highest BCUT2D eigenvalue weighted by molar-refractivity contribution is 9.10. The van der Waals surface area contributed by atoms with Crippen molar-refractivity contribution in [3.63, 3.8) is 0 Å². The largest absolute Gasteiger partial charge is 0.496 e. The first-order valence-electron chi connectivity index (χ1n) is 5.76. The molecule has 0 saturated heterocycles. The highest BCUT2D eigenvalue weighted by atomic mass is 79.9. The normalized spacial score (nSPS) is 17.9. The van der Waals surface area contributed by atoms with Gasteiger partial charge < -0.3 is 10.5 Å². The highest BCUT2D eigenvalue weighted by Gasteiger charge is 2.39. The zero-order chi connectivity index (χ0) is 11.6. The second-order valence-electron chi connectivity index (χ2n) is 4.52. The summed E-state index contributed by atoms with van der Waals surface area (Å²) < 4.78 is 6.58. The summed E-state index contributed by atoms with van der Waals surface area (Å²) in [5.74, 6) is 0.997. The van der Waals surface area contributed by atoms with Crippen LogP contribution >= 0.6 is 15.9 Å². The lowest BCUT2D eigenvalue weighted by Gasteiger charge is -2.43. The molecule has 2 nitrogen and oxygen atoms in total. The van der Waals surface area contributed by atoms with E-state index in [0.717, 1.165) is 23.2 Å². The van der Waals surface area contributed by atoms with Crippen molar-refractivity contribution < 1.29 is 4.74 Å². The molecule has 88 valence electrons. The molecule has 16 heavy (non-hydrogen) atoms. The molecule has 0 bridgehead atoms. The number of halogens is 1. The van der Waals surface area contributed by atoms with Crippen LogP contribution in [-0.2, 0) is 5.41 Å². The average molecular weight is 284 g/mol. The number of methoxy groups -OCH3 is 1. The maximum absolute atomic E-state index is 5.74. The fraction of sp³-hybridized carbons (Fsp3) is 0.538. The molecule has 1 aromatic carbocycles. The molecule has 0 atom stereocenters. The molecule has 0 radical (unpaired) electrons. The summed E-state index contributed by atoms with van der Waals surface area (Å²) in [4.78, 5) is 0. The van der Waals surface area contributed by atoms with E-state index in [4.69, 9.17) is 10.5 Å². The summed E-state index contributed by atoms with van der Waals surface area (Å²) >= 11 is 3.54. The summed E-state index contributed by atoms with van der Waals surface area (Å²) in [6.45, 7) is 0.746. The van der Waals surface area contributed by atoms with Crippen LogP contribution in [0.3, 0.4) is 0 Å². The van der Waals surface area contributed by atoms with Gasteiger partial charge in [-0.05, 0) is 44.0 Å². The Bertz CT molecular complexity index is 374. The average Bonchev–Trinajstić information content (AvgIpc) is 2.23. The number of nitrogens with two attached hydrogens (primary N) is 1. The molecule has 1 aromatic rings. The van der Waals surface area contributed by atoms with E-state index in [1.54, 1.807) is 7.11 Å². The molecule has 0 unspecified atom stereocenters. The van der Waals surface area contributed by atoms with Crippen molar-refractivity contribution in [2.45, 2.75) is 31.1 Å². The molecule has 0 aliphatic heterocycles. The number of ether oxygens (including phenoxy) is 1. The second kappa shape index (κ2) is 4.76. The minimum absolute atomic E-state index is 0.268. The van der Waals surface area contributed by atoms with E-state index in [1.807, 2.05) is 12.1 Å². The van der Waals surface area contributed by atoms with Gasteiger partial charge >= 0.3 is 0 Å². The van der Waals surface area contributed by atoms with Gasteiger partial charge in [0, 0.05) is 15.5 Å². The fourth-order valence-electron chi connectivity index (χ4n) is 2.63. The van der Waals surface area contributed by atoms with Crippen LogP contribution in [0.1, 0.15) is 31.2 Å². The number of rotatable bonds is 4. The molecule has 0 aromatic heterocycles. The molecule has 2 N–H and O–H groups in total. The second-order valence-corrected chi connectivity index (χ2v) is 5.43. The van der Waals surface area contributed by atoms with Gasteiger partial charge in [0.2, 0.25) is 0 Å². The van der Waals surface area contributed by atoms with Crippen LogP contribution in [0.4, 0.5) is 0 Å². The van der Waals surface area contributed by atoms with Crippen LogP contribution in [0.5, 0.6) is 5.75 Å². The van der Waals surface area contributed by atoms with Crippen molar-refractivity contribution >= 4 is 15.9 Å². The van der Waals surface area contributed by atoms with E-state index in [0.29, 0.717) is 0 Å². The molecule has 0 spiro atoms. The van der Waals surface area contributed by atoms with Crippen molar-refractivity contribution in [1.29, 1.82) is 0 Å². The molecule has 2 rings (SSSR count). The van der Waals surface area contributed by atoms with E-state index >= 15 is 0 Å². The third kappa shape index (κ3) is 1.98. The highest BCUT2D eigenvalue weighted by Crippen LogP contribution is 2.49. The van der Waals surface area contributed by atoms with Crippen molar-refractivity contribution in [3.8, 4) is 5.75 Å². The lowest BCUT2D eigenvalue weighted by atomic mass is 9.62. The van der Waals surface area contributed by atoms with E-state index in [2.05, 4.69) is 22.0 Å². The van der Waals surface area contributed by atoms with E-state index in [-0.39, 0.29) is 5.41 Å². The number of benzene rings is 1. The molecule has 1 fully saturated rings. The monoisotopic (exact) mass is 283 g/mol. The summed E-state index contributed by atoms with van der Waals surface area (Å²) in [5, 5.41) is 0. The third-order valence-corrected chi connectivity index (χ3v) is 4.16. The zero-order valence-corrected chi connectivity index (χ0v) is 11.2. The minimum atomic E-state index is 0.268. The topological polar surface area (TPSA) is 35.2 Å². The van der Waals surface area contributed by atoms with Crippen LogP contribution in [0, 0.1) is 0 Å². The van der Waals surface area contributed by atoms with Gasteiger partial charge in [-0.25, -0.2) is 0 Å². The van der Waals surface area contributed by atoms with Crippen LogP contribution in [0.2, 0.25) is 0 Å². The van der Waals surface area contributed by atoms with Crippen LogP contribution in [0.15, 0.2) is 22.7 Å². The van der Waals surface area contributed by atoms with Gasteiger partial charge in [-0.2, -0.15) is 0 Å². The summed E-state index contributed by atoms with van der Waals surface area (Å²) in [6, 6.07) is 6.25. The van der Waals surface area contributed by atoms with Gasteiger partial charge in [-0.15, -0.1) is 0 Å². The first-order chi connectivity index (χ1) is 7.72. The Labute approximate surface area is 105 Å². The molecule has 3 heteroatoms. The predicted octanol–water partition coefficient (Wildman–Crippen LogP) is 3.23. The Morgan fingerprint density at radius 1 is 1.44 bits per heavy atom. The molecule has 0 amide bonds. The molecular formula is C13H18BrNO. The van der Waals surface area contributed by atoms with E-state index in [1.165, 1.54) is 24.8 Å². The van der Waals surface area contributed by atoms with Crippen molar-refractivity contribution in [2.75, 3.05) is 13.7 Å². The Morgan fingerprint density at radius 2 is 2.19 bits per heavy atom. The number of hydrogen-bond donors (Lipinski definition) is 1. The smallest absolute Gasteiger partial charge is 0.122 e. The molecule has 1 saturated carbocycles. The van der Waals surface area contributed by atoms with Crippen molar-refractivity contribution in [3.05, 3.63) is 28.2 Å². The van der Waals surface area contributed by atoms with Gasteiger partial charge in [-0.1, -0.05) is 22.4 Å². The number of hydrogen-bond acceptors (Lipinski definition) is 2. The predicted molar refractivity (Wildman–Crippen MR) is 69.9 cm³/mol. The van der Waals surface area contributed by atoms with Gasteiger partial charge in [0.05, 0.1) is 7.11 Å². The first-order valence-corrected chi connectivity index (χ1v) is 6.55. The van der Waals surface area contributed by atoms with E-state index in [9.17, 15) is 0 Å². The quantitative estimate of drug-likeness (QED) is 0.921. The van der Waals surface area contributed by atoms with Crippen molar-refractivity contribution in [2.24, 2.45) is 5.73 Å². The van der Waals surface area contributed by atoms with E-state index < -0.39 is 0 Å². The van der Waals surface area contributed by atoms with Gasteiger partial charge in [0.25, 0.3) is 0 Å². The lowest BCUT2D eigenvalue weighted by molar-refractivity contribution is 0.221. The van der Waals surface area contributed by atoms with Gasteiger partial charge in [0.1, 0.15) is 5.75 Å². The fourth-order valence-corrected chi connectivity index (χ4v) is 2.99. The maximum atomic E-state index is 5.74. The standard InChI is InChI=1S/C13H18BrNO/c1-16-12-4-3-10(14)9-11(12)13(7-8-15)5-2-6-13/h3-4,9H,2,5-8,15H2,1H3. The SMILES string of the molecule is COc1ccc(Br)cc1C1(CCN)CCC1. The minimum Gasteiger partial charge on any atom is -0.496 e. The van der Waals surface area contributed by atoms with Gasteiger partial charge in [-0.3, -0.25) is 0 Å². The van der Waals surface area contributed by atoms with Crippen LogP contribution in [0.25, 0.3) is 0 Å². The zero-order valence-electron chi connectivity index (χ0n) is 9.63. The molecule has 0 heterocycles. The molecule has 1 aliphatic rings. The third-order valence-electron chi connectivity index (χ3n) is 3.67. The Hall–Kier alpha value is -0.540. The molecule has 1 aliphatic carbocycles. The maximum Gasteiger partial charge on any atom is 0.122 e. The molecular weight excluding hydrogens is 266 g/mol. The van der Waals surface area contributed by atoms with Crippen LogP contribution in [-0.4, -0.2) is 13.7 Å². The summed E-state index contributed by atoms with van der Waals surface area (Å²) in [5.41, 5.74) is 7.33. The Kier molecular flexibility index (Phi) is 3.55. The first kappa shape index (κ1) is 11.9. The summed E-state index contributed by atoms with van der Waals surface area (Å²) in [6.07, 6.45) is 4.82. The summed E-state index contributed by atoms with van der Waals surface area (Å²) in [7, 11) is 1.74. The van der Waals surface area contributed by atoms with Crippen LogP contribution < -0.4 is 10.5 Å². The van der Waals surface area contributed by atoms with Gasteiger partial charge in [0.15, 0.2) is 0 Å². The lowest BCUT2D eigenvalue weighted by Crippen LogP contribution is -2.36. The Morgan fingerprint density at radius 3 is 2.69 bits per heavy atom. The van der Waals surface area contributed by atoms with Crippen molar-refractivity contribution in [1.82, 2.24) is 0 Å². The Balaban J connectivity index is 2.40.